The van der Waals surface area contributed by atoms with Crippen molar-refractivity contribution in [2.75, 3.05) is 24.5 Å². The molecule has 170 valence electrons. The van der Waals surface area contributed by atoms with Crippen molar-refractivity contribution in [1.29, 1.82) is 0 Å². The number of hydrogen-bond donors (Lipinski definition) is 1. The summed E-state index contributed by atoms with van der Waals surface area (Å²) >= 11 is 0. The monoisotopic (exact) mass is 444 g/mol. The quantitative estimate of drug-likeness (QED) is 0.602. The largest absolute Gasteiger partial charge is 0.356 e. The van der Waals surface area contributed by atoms with Crippen molar-refractivity contribution in [2.24, 2.45) is 5.92 Å². The summed E-state index contributed by atoms with van der Waals surface area (Å²) in [5.74, 6) is 1.41. The molecule has 0 spiro atoms. The molecule has 1 saturated carbocycles. The Morgan fingerprint density at radius 1 is 1.00 bits per heavy atom. The second-order valence-electron chi connectivity index (χ2n) is 8.77. The van der Waals surface area contributed by atoms with Crippen molar-refractivity contribution in [2.45, 2.75) is 38.1 Å². The average molecular weight is 445 g/mol. The van der Waals surface area contributed by atoms with Gasteiger partial charge >= 0.3 is 0 Å². The normalized spacial score (nSPS) is 16.5. The molecular weight excluding hydrogens is 416 g/mol. The van der Waals surface area contributed by atoms with E-state index in [1.165, 1.54) is 4.68 Å². The Morgan fingerprint density at radius 2 is 1.79 bits per heavy atom. The number of piperidine rings is 1. The number of aromatic nitrogens is 4. The van der Waals surface area contributed by atoms with Gasteiger partial charge in [-0.1, -0.05) is 30.3 Å². The van der Waals surface area contributed by atoms with Crippen LogP contribution >= 0.6 is 0 Å². The third-order valence-corrected chi connectivity index (χ3v) is 6.42. The van der Waals surface area contributed by atoms with Crippen molar-refractivity contribution in [3.05, 3.63) is 70.9 Å². The lowest BCUT2D eigenvalue weighted by Crippen LogP contribution is -2.42. The molecule has 8 nitrogen and oxygen atoms in total. The van der Waals surface area contributed by atoms with Crippen LogP contribution in [0, 0.1) is 5.92 Å². The lowest BCUT2D eigenvalue weighted by Gasteiger charge is -2.32. The minimum absolute atomic E-state index is 0.0286. The third-order valence-electron chi connectivity index (χ3n) is 6.42. The molecule has 0 radical (unpaired) electrons. The Balaban J connectivity index is 1.12. The summed E-state index contributed by atoms with van der Waals surface area (Å²) in [6, 6.07) is 15.5. The van der Waals surface area contributed by atoms with Gasteiger partial charge in [0.2, 0.25) is 5.91 Å². The second kappa shape index (κ2) is 9.52. The smallest absolute Gasteiger partial charge is 0.266 e. The van der Waals surface area contributed by atoms with Gasteiger partial charge in [-0.15, -0.1) is 0 Å². The highest BCUT2D eigenvalue weighted by atomic mass is 16.2. The van der Waals surface area contributed by atoms with E-state index in [4.69, 9.17) is 0 Å². The van der Waals surface area contributed by atoms with Gasteiger partial charge in [0.05, 0.1) is 17.9 Å². The van der Waals surface area contributed by atoms with Gasteiger partial charge in [0.25, 0.3) is 5.56 Å². The van der Waals surface area contributed by atoms with Crippen LogP contribution in [0.1, 0.15) is 37.3 Å². The minimum atomic E-state index is -0.123. The van der Waals surface area contributed by atoms with Crippen molar-refractivity contribution in [3.63, 3.8) is 0 Å². The number of nitrogens with one attached hydrogen (secondary N) is 1. The SMILES string of the molecule is O=C(NCCn1nc(C2CC2)ccc1=O)C1CCN(c2cc(-c3ccccc3)ncn2)CC1. The molecule has 1 aromatic carbocycles. The predicted octanol–water partition coefficient (Wildman–Crippen LogP) is 2.61. The lowest BCUT2D eigenvalue weighted by atomic mass is 9.96. The van der Waals surface area contributed by atoms with E-state index in [1.807, 2.05) is 42.5 Å². The number of nitrogens with zero attached hydrogens (tertiary/aromatic N) is 5. The molecule has 33 heavy (non-hydrogen) atoms. The fraction of sp³-hybridized carbons (Fsp3) is 0.400. The van der Waals surface area contributed by atoms with Crippen molar-refractivity contribution >= 4 is 11.7 Å². The third kappa shape index (κ3) is 5.10. The van der Waals surface area contributed by atoms with Gasteiger partial charge in [-0.3, -0.25) is 9.59 Å². The first kappa shape index (κ1) is 21.3. The van der Waals surface area contributed by atoms with Gasteiger partial charge < -0.3 is 10.2 Å². The van der Waals surface area contributed by atoms with Crippen LogP contribution in [0.5, 0.6) is 0 Å². The number of anilines is 1. The summed E-state index contributed by atoms with van der Waals surface area (Å²) in [7, 11) is 0. The molecule has 2 aromatic heterocycles. The van der Waals surface area contributed by atoms with Crippen molar-refractivity contribution in [1.82, 2.24) is 25.1 Å². The van der Waals surface area contributed by atoms with Crippen LogP contribution in [0.25, 0.3) is 11.3 Å². The summed E-state index contributed by atoms with van der Waals surface area (Å²) in [6.45, 7) is 2.35. The Kier molecular flexibility index (Phi) is 6.15. The fourth-order valence-corrected chi connectivity index (χ4v) is 4.31. The zero-order valence-electron chi connectivity index (χ0n) is 18.6. The molecule has 1 N–H and O–H groups in total. The topological polar surface area (TPSA) is 93.0 Å². The fourth-order valence-electron chi connectivity index (χ4n) is 4.31. The maximum absolute atomic E-state index is 12.7. The van der Waals surface area contributed by atoms with Gasteiger partial charge in [0.15, 0.2) is 0 Å². The van der Waals surface area contributed by atoms with E-state index in [9.17, 15) is 9.59 Å². The van der Waals surface area contributed by atoms with E-state index >= 15 is 0 Å². The van der Waals surface area contributed by atoms with E-state index in [0.29, 0.717) is 19.0 Å². The number of benzene rings is 1. The molecule has 0 atom stereocenters. The summed E-state index contributed by atoms with van der Waals surface area (Å²) in [5.41, 5.74) is 2.82. The Hall–Kier alpha value is -3.55. The molecule has 1 aliphatic carbocycles. The zero-order chi connectivity index (χ0) is 22.6. The standard InChI is InChI=1S/C25H28N6O2/c32-24-9-8-21(19-6-7-19)29-31(24)15-12-26-25(33)20-10-13-30(14-11-20)23-16-22(27-17-28-23)18-4-2-1-3-5-18/h1-5,8-9,16-17,19-20H,6-7,10-15H2,(H,26,33). The van der Waals surface area contributed by atoms with Gasteiger partial charge in [-0.2, -0.15) is 5.10 Å². The van der Waals surface area contributed by atoms with Crippen LogP contribution in [0.3, 0.4) is 0 Å². The van der Waals surface area contributed by atoms with Gasteiger partial charge in [-0.25, -0.2) is 14.6 Å². The molecule has 1 amide bonds. The maximum Gasteiger partial charge on any atom is 0.266 e. The molecule has 1 saturated heterocycles. The molecule has 0 unspecified atom stereocenters. The van der Waals surface area contributed by atoms with Crippen LogP contribution in [0.15, 0.2) is 59.7 Å². The van der Waals surface area contributed by atoms with E-state index in [1.54, 1.807) is 12.4 Å². The number of carbonyl (C=O) groups is 1. The summed E-state index contributed by atoms with van der Waals surface area (Å²) in [4.78, 5) is 35.8. The van der Waals surface area contributed by atoms with Gasteiger partial charge in [0.1, 0.15) is 12.1 Å². The first-order valence-electron chi connectivity index (χ1n) is 11.7. The number of amides is 1. The molecule has 2 fully saturated rings. The average Bonchev–Trinajstić information content (AvgIpc) is 3.71. The molecule has 5 rings (SSSR count). The van der Waals surface area contributed by atoms with Crippen molar-refractivity contribution in [3.8, 4) is 11.3 Å². The van der Waals surface area contributed by atoms with Crippen LogP contribution in [-0.2, 0) is 11.3 Å². The molecule has 3 heterocycles. The second-order valence-corrected chi connectivity index (χ2v) is 8.77. The van der Waals surface area contributed by atoms with Crippen LogP contribution in [0.2, 0.25) is 0 Å². The first-order valence-corrected chi connectivity index (χ1v) is 11.7. The first-order chi connectivity index (χ1) is 16.2. The van der Waals surface area contributed by atoms with E-state index in [0.717, 1.165) is 61.5 Å². The molecular formula is C25H28N6O2. The van der Waals surface area contributed by atoms with Crippen molar-refractivity contribution < 1.29 is 4.79 Å². The number of rotatable bonds is 7. The Bertz CT molecular complexity index is 1170. The summed E-state index contributed by atoms with van der Waals surface area (Å²) in [6.07, 6.45) is 5.43. The summed E-state index contributed by atoms with van der Waals surface area (Å²) in [5, 5.41) is 7.45. The van der Waals surface area contributed by atoms with Gasteiger partial charge in [0, 0.05) is 49.2 Å². The lowest BCUT2D eigenvalue weighted by molar-refractivity contribution is -0.125. The van der Waals surface area contributed by atoms with Crippen LogP contribution in [-0.4, -0.2) is 45.3 Å². The molecule has 8 heteroatoms. The maximum atomic E-state index is 12.7. The van der Waals surface area contributed by atoms with E-state index < -0.39 is 0 Å². The van der Waals surface area contributed by atoms with E-state index in [-0.39, 0.29) is 17.4 Å². The van der Waals surface area contributed by atoms with E-state index in [2.05, 4.69) is 25.3 Å². The zero-order valence-corrected chi connectivity index (χ0v) is 18.6. The number of hydrogen-bond acceptors (Lipinski definition) is 6. The minimum Gasteiger partial charge on any atom is -0.356 e. The molecule has 1 aliphatic heterocycles. The van der Waals surface area contributed by atoms with Crippen LogP contribution < -0.4 is 15.8 Å². The predicted molar refractivity (Wildman–Crippen MR) is 126 cm³/mol. The summed E-state index contributed by atoms with van der Waals surface area (Å²) < 4.78 is 1.47. The highest BCUT2D eigenvalue weighted by Gasteiger charge is 2.27. The molecule has 2 aliphatic rings. The highest BCUT2D eigenvalue weighted by molar-refractivity contribution is 5.79. The number of carbonyl (C=O) groups excluding carboxylic acids is 1. The highest BCUT2D eigenvalue weighted by Crippen LogP contribution is 2.38. The Labute approximate surface area is 192 Å². The molecule has 3 aromatic rings. The molecule has 0 bridgehead atoms. The van der Waals surface area contributed by atoms with Gasteiger partial charge in [-0.05, 0) is 31.7 Å². The van der Waals surface area contributed by atoms with Crippen LogP contribution in [0.4, 0.5) is 5.82 Å². The Morgan fingerprint density at radius 3 is 2.55 bits per heavy atom.